The van der Waals surface area contributed by atoms with Gasteiger partial charge in [0.25, 0.3) is 0 Å². The van der Waals surface area contributed by atoms with Crippen molar-refractivity contribution in [1.82, 2.24) is 0 Å². The minimum absolute atomic E-state index is 0.720. The van der Waals surface area contributed by atoms with Crippen LogP contribution in [0.3, 0.4) is 0 Å². The number of hydrogen-bond donors (Lipinski definition) is 1. The number of benzene rings is 1. The molecule has 1 aromatic rings. The molecule has 0 fully saturated rings. The van der Waals surface area contributed by atoms with E-state index >= 15 is 0 Å². The predicted molar refractivity (Wildman–Crippen MR) is 63.6 cm³/mol. The molecule has 0 unspecified atom stereocenters. The maximum absolute atomic E-state index is 5.72. The first kappa shape index (κ1) is 11.4. The Kier molecular flexibility index (Phi) is 4.80. The summed E-state index contributed by atoms with van der Waals surface area (Å²) in [6, 6.07) is 5.67. The van der Waals surface area contributed by atoms with E-state index in [1.165, 1.54) is 12.8 Å². The summed E-state index contributed by atoms with van der Waals surface area (Å²) in [5.74, 6) is 0.834. The Hall–Kier alpha value is -0.700. The molecule has 1 rings (SSSR count). The average molecular weight is 258 g/mol. The Morgan fingerprint density at radius 2 is 2.14 bits per heavy atom. The van der Waals surface area contributed by atoms with Crippen LogP contribution in [-0.2, 0) is 0 Å². The Morgan fingerprint density at radius 3 is 2.86 bits per heavy atom. The van der Waals surface area contributed by atoms with E-state index in [2.05, 4.69) is 22.9 Å². The zero-order valence-electron chi connectivity index (χ0n) is 8.42. The molecule has 0 aliphatic heterocycles. The van der Waals surface area contributed by atoms with Crippen LogP contribution in [0, 0.1) is 0 Å². The molecule has 2 nitrogen and oxygen atoms in total. The topological polar surface area (TPSA) is 35.2 Å². The van der Waals surface area contributed by atoms with Gasteiger partial charge in [-0.15, -0.1) is 0 Å². The lowest BCUT2D eigenvalue weighted by molar-refractivity contribution is 0.304. The average Bonchev–Trinajstić information content (AvgIpc) is 2.19. The molecule has 0 aromatic heterocycles. The molecule has 0 saturated carbocycles. The number of nitrogens with two attached hydrogens (primary N) is 1. The molecule has 78 valence electrons. The zero-order valence-corrected chi connectivity index (χ0v) is 10.0. The van der Waals surface area contributed by atoms with E-state index in [9.17, 15) is 0 Å². The van der Waals surface area contributed by atoms with Crippen LogP contribution in [0.5, 0.6) is 5.75 Å². The Labute approximate surface area is 93.6 Å². The Balaban J connectivity index is 2.46. The Bertz CT molecular complexity index is 289. The van der Waals surface area contributed by atoms with E-state index in [0.717, 1.165) is 28.9 Å². The highest BCUT2D eigenvalue weighted by atomic mass is 79.9. The lowest BCUT2D eigenvalue weighted by Crippen LogP contribution is -1.98. The van der Waals surface area contributed by atoms with E-state index < -0.39 is 0 Å². The number of rotatable bonds is 5. The van der Waals surface area contributed by atoms with Crippen LogP contribution in [0.2, 0.25) is 0 Å². The third-order valence-corrected chi connectivity index (χ3v) is 2.85. The third kappa shape index (κ3) is 3.22. The second kappa shape index (κ2) is 5.91. The van der Waals surface area contributed by atoms with Crippen molar-refractivity contribution in [2.45, 2.75) is 26.2 Å². The van der Waals surface area contributed by atoms with Gasteiger partial charge in [0.2, 0.25) is 0 Å². The SMILES string of the molecule is CCCCCOc1cccc(N)c1Br. The van der Waals surface area contributed by atoms with E-state index in [1.54, 1.807) is 0 Å². The van der Waals surface area contributed by atoms with Crippen molar-refractivity contribution in [2.24, 2.45) is 0 Å². The second-order valence-corrected chi connectivity index (χ2v) is 4.01. The summed E-state index contributed by atoms with van der Waals surface area (Å²) in [7, 11) is 0. The monoisotopic (exact) mass is 257 g/mol. The number of hydrogen-bond acceptors (Lipinski definition) is 2. The van der Waals surface area contributed by atoms with Gasteiger partial charge in [-0.3, -0.25) is 0 Å². The highest BCUT2D eigenvalue weighted by Crippen LogP contribution is 2.30. The third-order valence-electron chi connectivity index (χ3n) is 2.00. The first-order valence-corrected chi connectivity index (χ1v) is 5.71. The van der Waals surface area contributed by atoms with E-state index in [0.29, 0.717) is 0 Å². The zero-order chi connectivity index (χ0) is 10.4. The van der Waals surface area contributed by atoms with Gasteiger partial charge < -0.3 is 10.5 Å². The number of anilines is 1. The molecule has 0 aliphatic rings. The lowest BCUT2D eigenvalue weighted by atomic mass is 10.2. The molecule has 1 aromatic carbocycles. The molecule has 0 heterocycles. The molecule has 3 heteroatoms. The van der Waals surface area contributed by atoms with Gasteiger partial charge in [-0.25, -0.2) is 0 Å². The number of unbranched alkanes of at least 4 members (excludes halogenated alkanes) is 2. The van der Waals surface area contributed by atoms with Crippen molar-refractivity contribution in [2.75, 3.05) is 12.3 Å². The molecule has 0 radical (unpaired) electrons. The molecule has 2 N–H and O–H groups in total. The van der Waals surface area contributed by atoms with Crippen molar-refractivity contribution in [3.8, 4) is 5.75 Å². The summed E-state index contributed by atoms with van der Waals surface area (Å²) in [5.41, 5.74) is 6.44. The lowest BCUT2D eigenvalue weighted by Gasteiger charge is -2.08. The number of ether oxygens (including phenoxy) is 1. The van der Waals surface area contributed by atoms with Crippen LogP contribution in [0.15, 0.2) is 22.7 Å². The molecule has 0 spiro atoms. The van der Waals surface area contributed by atoms with E-state index in [-0.39, 0.29) is 0 Å². The van der Waals surface area contributed by atoms with Gasteiger partial charge >= 0.3 is 0 Å². The quantitative estimate of drug-likeness (QED) is 0.647. The molecule has 0 aliphatic carbocycles. The second-order valence-electron chi connectivity index (χ2n) is 3.21. The van der Waals surface area contributed by atoms with Gasteiger partial charge in [-0.05, 0) is 34.5 Å². The smallest absolute Gasteiger partial charge is 0.135 e. The number of nitrogen functional groups attached to an aromatic ring is 1. The van der Waals surface area contributed by atoms with Gasteiger partial charge in [0.1, 0.15) is 5.75 Å². The van der Waals surface area contributed by atoms with Crippen LogP contribution in [0.4, 0.5) is 5.69 Å². The van der Waals surface area contributed by atoms with Crippen molar-refractivity contribution < 1.29 is 4.74 Å². The minimum atomic E-state index is 0.720. The van der Waals surface area contributed by atoms with Crippen LogP contribution in [0.25, 0.3) is 0 Å². The van der Waals surface area contributed by atoms with Crippen LogP contribution in [-0.4, -0.2) is 6.61 Å². The standard InChI is InChI=1S/C11H16BrNO/c1-2-3-4-8-14-10-7-5-6-9(13)11(10)12/h5-7H,2-4,8,13H2,1H3. The number of halogens is 1. The predicted octanol–water partition coefficient (Wildman–Crippen LogP) is 3.60. The minimum Gasteiger partial charge on any atom is -0.492 e. The molecule has 0 amide bonds. The van der Waals surface area contributed by atoms with Gasteiger partial charge in [-0.2, -0.15) is 0 Å². The van der Waals surface area contributed by atoms with Crippen LogP contribution >= 0.6 is 15.9 Å². The highest BCUT2D eigenvalue weighted by molar-refractivity contribution is 9.10. The summed E-state index contributed by atoms with van der Waals surface area (Å²) >= 11 is 3.40. The normalized spacial score (nSPS) is 10.1. The maximum Gasteiger partial charge on any atom is 0.135 e. The molecule has 0 atom stereocenters. The summed E-state index contributed by atoms with van der Waals surface area (Å²) < 4.78 is 6.45. The first-order valence-electron chi connectivity index (χ1n) is 4.92. The summed E-state index contributed by atoms with van der Waals surface area (Å²) in [6.07, 6.45) is 3.51. The van der Waals surface area contributed by atoms with Gasteiger partial charge in [-0.1, -0.05) is 25.8 Å². The van der Waals surface area contributed by atoms with Gasteiger partial charge in [0.15, 0.2) is 0 Å². The highest BCUT2D eigenvalue weighted by Gasteiger charge is 2.02. The fourth-order valence-corrected chi connectivity index (χ4v) is 1.55. The Morgan fingerprint density at radius 1 is 1.36 bits per heavy atom. The summed E-state index contributed by atoms with van der Waals surface area (Å²) in [4.78, 5) is 0. The molecular formula is C11H16BrNO. The summed E-state index contributed by atoms with van der Waals surface area (Å²) in [5, 5.41) is 0. The van der Waals surface area contributed by atoms with Gasteiger partial charge in [0.05, 0.1) is 11.1 Å². The first-order chi connectivity index (χ1) is 6.75. The fraction of sp³-hybridized carbons (Fsp3) is 0.455. The van der Waals surface area contributed by atoms with Gasteiger partial charge in [0, 0.05) is 5.69 Å². The maximum atomic E-state index is 5.72. The molecular weight excluding hydrogens is 242 g/mol. The molecule has 14 heavy (non-hydrogen) atoms. The summed E-state index contributed by atoms with van der Waals surface area (Å²) in [6.45, 7) is 2.94. The van der Waals surface area contributed by atoms with Crippen molar-refractivity contribution in [1.29, 1.82) is 0 Å². The molecule has 0 saturated heterocycles. The van der Waals surface area contributed by atoms with Crippen LogP contribution in [0.1, 0.15) is 26.2 Å². The van der Waals surface area contributed by atoms with Crippen LogP contribution < -0.4 is 10.5 Å². The fourth-order valence-electron chi connectivity index (χ4n) is 1.17. The molecule has 0 bridgehead atoms. The van der Waals surface area contributed by atoms with E-state index in [4.69, 9.17) is 10.5 Å². The largest absolute Gasteiger partial charge is 0.492 e. The van der Waals surface area contributed by atoms with Crippen molar-refractivity contribution in [3.05, 3.63) is 22.7 Å². The van der Waals surface area contributed by atoms with Crippen molar-refractivity contribution >= 4 is 21.6 Å². The van der Waals surface area contributed by atoms with Crippen molar-refractivity contribution in [3.63, 3.8) is 0 Å². The van der Waals surface area contributed by atoms with E-state index in [1.807, 2.05) is 18.2 Å².